The normalized spacial score (nSPS) is 11.9. The Balaban J connectivity index is 2.30. The lowest BCUT2D eigenvalue weighted by Gasteiger charge is -2.17. The van der Waals surface area contributed by atoms with Crippen molar-refractivity contribution in [3.05, 3.63) is 40.2 Å². The van der Waals surface area contributed by atoms with Gasteiger partial charge in [0.05, 0.1) is 0 Å². The van der Waals surface area contributed by atoms with E-state index >= 15 is 0 Å². The van der Waals surface area contributed by atoms with E-state index in [2.05, 4.69) is 0 Å². The molecule has 102 valence electrons. The van der Waals surface area contributed by atoms with Crippen LogP contribution in [0.25, 0.3) is 11.0 Å². The van der Waals surface area contributed by atoms with Crippen LogP contribution in [0.15, 0.2) is 33.5 Å². The maximum atomic E-state index is 11.5. The Kier molecular flexibility index (Phi) is 3.87. The Morgan fingerprint density at radius 2 is 2.11 bits per heavy atom. The maximum absolute atomic E-state index is 11.5. The van der Waals surface area contributed by atoms with Gasteiger partial charge in [-0.3, -0.25) is 0 Å². The lowest BCUT2D eigenvalue weighted by Crippen LogP contribution is -2.34. The molecule has 0 aliphatic carbocycles. The molecule has 4 nitrogen and oxygen atoms in total. The number of hydrogen-bond donors (Lipinski definition) is 2. The predicted octanol–water partition coefficient (Wildman–Crippen LogP) is 2.47. The Hall–Kier alpha value is -1.46. The number of phenols is 1. The number of rotatable bonds is 4. The summed E-state index contributed by atoms with van der Waals surface area (Å²) in [4.78, 5) is 11.5. The van der Waals surface area contributed by atoms with Gasteiger partial charge in [0, 0.05) is 34.6 Å². The monoisotopic (exact) mass is 279 g/mol. The average molecular weight is 279 g/mol. The Morgan fingerprint density at radius 1 is 1.37 bits per heavy atom. The number of phenolic OH excluding ortho intramolecular Hbond substituents is 1. The second-order valence-corrected chi connectivity index (χ2v) is 6.24. The summed E-state index contributed by atoms with van der Waals surface area (Å²) in [5.41, 5.74) is 6.60. The van der Waals surface area contributed by atoms with Gasteiger partial charge in [-0.25, -0.2) is 4.79 Å². The minimum atomic E-state index is -0.402. The second kappa shape index (κ2) is 5.27. The Bertz CT molecular complexity index is 643. The van der Waals surface area contributed by atoms with E-state index < -0.39 is 5.63 Å². The molecular weight excluding hydrogens is 262 g/mol. The summed E-state index contributed by atoms with van der Waals surface area (Å²) in [6.07, 6.45) is 0. The molecule has 0 amide bonds. The SMILES string of the molecule is CC(C)(N)CSCc1cc(=O)oc2cc(O)ccc12. The van der Waals surface area contributed by atoms with E-state index in [-0.39, 0.29) is 11.3 Å². The first-order valence-electron chi connectivity index (χ1n) is 5.97. The number of nitrogens with two attached hydrogens (primary N) is 1. The maximum Gasteiger partial charge on any atom is 0.336 e. The van der Waals surface area contributed by atoms with Crippen LogP contribution in [0.1, 0.15) is 19.4 Å². The fourth-order valence-corrected chi connectivity index (χ4v) is 2.85. The van der Waals surface area contributed by atoms with Gasteiger partial charge in [0.15, 0.2) is 0 Å². The molecule has 2 aromatic rings. The number of thioether (sulfide) groups is 1. The van der Waals surface area contributed by atoms with Crippen molar-refractivity contribution in [2.45, 2.75) is 25.1 Å². The Morgan fingerprint density at radius 3 is 2.79 bits per heavy atom. The number of benzene rings is 1. The quantitative estimate of drug-likeness (QED) is 0.841. The minimum absolute atomic E-state index is 0.0866. The van der Waals surface area contributed by atoms with Crippen molar-refractivity contribution in [2.24, 2.45) is 5.73 Å². The summed E-state index contributed by atoms with van der Waals surface area (Å²) in [6, 6.07) is 6.30. The lowest BCUT2D eigenvalue weighted by molar-refractivity contribution is 0.473. The first kappa shape index (κ1) is 14.0. The van der Waals surface area contributed by atoms with Gasteiger partial charge in [0.2, 0.25) is 0 Å². The molecule has 0 saturated carbocycles. The number of aromatic hydroxyl groups is 1. The van der Waals surface area contributed by atoms with Gasteiger partial charge in [-0.15, -0.1) is 0 Å². The first-order valence-corrected chi connectivity index (χ1v) is 7.13. The van der Waals surface area contributed by atoms with Gasteiger partial charge < -0.3 is 15.3 Å². The van der Waals surface area contributed by atoms with E-state index in [9.17, 15) is 9.90 Å². The topological polar surface area (TPSA) is 76.5 Å². The van der Waals surface area contributed by atoms with Crippen LogP contribution in [-0.2, 0) is 5.75 Å². The van der Waals surface area contributed by atoms with Crippen LogP contribution in [0.3, 0.4) is 0 Å². The Labute approximate surface area is 115 Å². The average Bonchev–Trinajstić information content (AvgIpc) is 2.26. The van der Waals surface area contributed by atoms with Gasteiger partial charge in [-0.05, 0) is 31.5 Å². The van der Waals surface area contributed by atoms with Gasteiger partial charge in [-0.2, -0.15) is 11.8 Å². The van der Waals surface area contributed by atoms with Crippen molar-refractivity contribution in [3.8, 4) is 5.75 Å². The lowest BCUT2D eigenvalue weighted by atomic mass is 10.1. The molecule has 1 aromatic carbocycles. The summed E-state index contributed by atoms with van der Waals surface area (Å²) < 4.78 is 5.08. The summed E-state index contributed by atoms with van der Waals surface area (Å²) in [6.45, 7) is 3.94. The third kappa shape index (κ3) is 3.75. The highest BCUT2D eigenvalue weighted by molar-refractivity contribution is 7.98. The molecule has 0 radical (unpaired) electrons. The molecule has 0 fully saturated rings. The van der Waals surface area contributed by atoms with Crippen molar-refractivity contribution in [2.75, 3.05) is 5.75 Å². The van der Waals surface area contributed by atoms with Gasteiger partial charge in [0.25, 0.3) is 0 Å². The van der Waals surface area contributed by atoms with Crippen molar-refractivity contribution in [3.63, 3.8) is 0 Å². The molecule has 0 aliphatic heterocycles. The summed E-state index contributed by atoms with van der Waals surface area (Å²) in [5.74, 6) is 1.57. The van der Waals surface area contributed by atoms with Crippen LogP contribution in [-0.4, -0.2) is 16.4 Å². The fraction of sp³-hybridized carbons (Fsp3) is 0.357. The molecule has 1 aromatic heterocycles. The molecule has 0 spiro atoms. The molecule has 0 atom stereocenters. The van der Waals surface area contributed by atoms with Crippen LogP contribution < -0.4 is 11.4 Å². The summed E-state index contributed by atoms with van der Waals surface area (Å²) >= 11 is 1.67. The fourth-order valence-electron chi connectivity index (χ4n) is 1.76. The van der Waals surface area contributed by atoms with E-state index in [1.165, 1.54) is 12.1 Å². The molecular formula is C14H17NO3S. The van der Waals surface area contributed by atoms with E-state index in [4.69, 9.17) is 10.2 Å². The molecule has 19 heavy (non-hydrogen) atoms. The summed E-state index contributed by atoms with van der Waals surface area (Å²) in [7, 11) is 0. The molecule has 0 unspecified atom stereocenters. The molecule has 0 aliphatic rings. The van der Waals surface area contributed by atoms with Crippen LogP contribution in [0, 0.1) is 0 Å². The van der Waals surface area contributed by atoms with Gasteiger partial charge in [-0.1, -0.05) is 0 Å². The molecule has 0 bridgehead atoms. The second-order valence-electron chi connectivity index (χ2n) is 5.25. The molecule has 0 saturated heterocycles. The van der Waals surface area contributed by atoms with Gasteiger partial charge >= 0.3 is 5.63 Å². The standard InChI is InChI=1S/C14H17NO3S/c1-14(2,15)8-19-7-9-5-13(17)18-12-6-10(16)3-4-11(9)12/h3-6,16H,7-8,15H2,1-2H3. The minimum Gasteiger partial charge on any atom is -0.508 e. The third-order valence-corrected chi connectivity index (χ3v) is 4.01. The van der Waals surface area contributed by atoms with Crippen molar-refractivity contribution < 1.29 is 9.52 Å². The highest BCUT2D eigenvalue weighted by Crippen LogP contribution is 2.25. The number of hydrogen-bond acceptors (Lipinski definition) is 5. The molecule has 2 rings (SSSR count). The molecule has 1 heterocycles. The zero-order chi connectivity index (χ0) is 14.0. The van der Waals surface area contributed by atoms with Crippen LogP contribution in [0.4, 0.5) is 0 Å². The van der Waals surface area contributed by atoms with E-state index in [1.807, 2.05) is 13.8 Å². The zero-order valence-electron chi connectivity index (χ0n) is 11.0. The van der Waals surface area contributed by atoms with Crippen molar-refractivity contribution in [1.82, 2.24) is 0 Å². The van der Waals surface area contributed by atoms with Crippen molar-refractivity contribution in [1.29, 1.82) is 0 Å². The number of fused-ring (bicyclic) bond motifs is 1. The van der Waals surface area contributed by atoms with Crippen LogP contribution in [0.2, 0.25) is 0 Å². The van der Waals surface area contributed by atoms with E-state index in [0.29, 0.717) is 11.3 Å². The highest BCUT2D eigenvalue weighted by atomic mass is 32.2. The summed E-state index contributed by atoms with van der Waals surface area (Å²) in [5, 5.41) is 10.3. The van der Waals surface area contributed by atoms with Gasteiger partial charge in [0.1, 0.15) is 11.3 Å². The smallest absolute Gasteiger partial charge is 0.336 e. The van der Waals surface area contributed by atoms with Crippen molar-refractivity contribution >= 4 is 22.7 Å². The van der Waals surface area contributed by atoms with E-state index in [1.54, 1.807) is 23.9 Å². The van der Waals surface area contributed by atoms with Crippen LogP contribution in [0.5, 0.6) is 5.75 Å². The molecule has 3 N–H and O–H groups in total. The van der Waals surface area contributed by atoms with E-state index in [0.717, 1.165) is 16.7 Å². The van der Waals surface area contributed by atoms with Crippen LogP contribution >= 0.6 is 11.8 Å². The highest BCUT2D eigenvalue weighted by Gasteiger charge is 2.12. The third-order valence-electron chi connectivity index (χ3n) is 2.55. The largest absolute Gasteiger partial charge is 0.508 e. The first-order chi connectivity index (χ1) is 8.85. The molecule has 5 heteroatoms. The zero-order valence-corrected chi connectivity index (χ0v) is 11.8. The predicted molar refractivity (Wildman–Crippen MR) is 78.6 cm³/mol.